The highest BCUT2D eigenvalue weighted by atomic mass is 35.5. The van der Waals surface area contributed by atoms with Gasteiger partial charge in [0.25, 0.3) is 5.91 Å². The highest BCUT2D eigenvalue weighted by Crippen LogP contribution is 2.31. The number of halogens is 2. The van der Waals surface area contributed by atoms with Crippen LogP contribution < -0.4 is 4.80 Å². The topological polar surface area (TPSA) is 68.5 Å². The zero-order valence-electron chi connectivity index (χ0n) is 14.6. The van der Waals surface area contributed by atoms with Crippen LogP contribution in [-0.4, -0.2) is 24.6 Å². The molecule has 0 radical (unpaired) electrons. The minimum absolute atomic E-state index is 0.0583. The number of carbonyl (C=O) groups is 1. The second-order valence-electron chi connectivity index (χ2n) is 5.73. The zero-order valence-corrected chi connectivity index (χ0v) is 17.8. The molecule has 0 saturated heterocycles. The van der Waals surface area contributed by atoms with E-state index in [4.69, 9.17) is 29.6 Å². The quantitative estimate of drug-likeness (QED) is 0.557. The second-order valence-corrected chi connectivity index (χ2v) is 9.80. The van der Waals surface area contributed by atoms with Crippen LogP contribution in [0.15, 0.2) is 46.3 Å². The Kier molecular flexibility index (Phi) is 5.96. The van der Waals surface area contributed by atoms with Crippen LogP contribution in [0.1, 0.15) is 17.3 Å². The Morgan fingerprint density at radius 2 is 1.96 bits per heavy atom. The zero-order chi connectivity index (χ0) is 20.5. The van der Waals surface area contributed by atoms with E-state index in [-0.39, 0.29) is 22.8 Å². The average molecular weight is 453 g/mol. The highest BCUT2D eigenvalue weighted by molar-refractivity contribution is 7.91. The predicted octanol–water partition coefficient (Wildman–Crippen LogP) is 4.18. The number of thiazole rings is 1. The van der Waals surface area contributed by atoms with E-state index in [9.17, 15) is 13.2 Å². The Labute approximate surface area is 176 Å². The van der Waals surface area contributed by atoms with Gasteiger partial charge in [0.05, 0.1) is 37.5 Å². The first-order valence-corrected chi connectivity index (χ1v) is 11.3. The summed E-state index contributed by atoms with van der Waals surface area (Å²) in [7, 11) is -3.43. The number of sulfone groups is 1. The van der Waals surface area contributed by atoms with E-state index < -0.39 is 15.7 Å². The summed E-state index contributed by atoms with van der Waals surface area (Å²) in [6.07, 6.45) is 5.46. The summed E-state index contributed by atoms with van der Waals surface area (Å²) in [5.74, 6) is 1.87. The number of fused-ring (bicyclic) bond motifs is 1. The van der Waals surface area contributed by atoms with Gasteiger partial charge in [0.2, 0.25) is 0 Å². The lowest BCUT2D eigenvalue weighted by Crippen LogP contribution is -2.16. The summed E-state index contributed by atoms with van der Waals surface area (Å²) >= 11 is 13.7. The fourth-order valence-electron chi connectivity index (χ4n) is 2.57. The molecule has 0 aliphatic carbocycles. The SMILES string of the molecule is C#CCn1c(=NC(=O)c2cccc(S(=O)(=O)CC)c2)sc2c(Cl)ccc(Cl)c21. The number of rotatable bonds is 4. The van der Waals surface area contributed by atoms with Gasteiger partial charge in [-0.25, -0.2) is 8.42 Å². The van der Waals surface area contributed by atoms with Gasteiger partial charge in [-0.2, -0.15) is 4.99 Å². The molecule has 2 aromatic carbocycles. The van der Waals surface area contributed by atoms with Gasteiger partial charge < -0.3 is 4.57 Å². The summed E-state index contributed by atoms with van der Waals surface area (Å²) in [5, 5.41) is 0.913. The fraction of sp³-hybridized carbons (Fsp3) is 0.158. The van der Waals surface area contributed by atoms with Gasteiger partial charge in [-0.15, -0.1) is 6.42 Å². The van der Waals surface area contributed by atoms with E-state index in [0.29, 0.717) is 25.1 Å². The summed E-state index contributed by atoms with van der Waals surface area (Å²) in [6, 6.07) is 9.11. The third-order valence-electron chi connectivity index (χ3n) is 4.00. The number of hydrogen-bond donors (Lipinski definition) is 0. The number of terminal acetylenes is 1. The van der Waals surface area contributed by atoms with E-state index >= 15 is 0 Å². The minimum Gasteiger partial charge on any atom is -0.303 e. The molecule has 1 amide bonds. The molecule has 0 bridgehead atoms. The summed E-state index contributed by atoms with van der Waals surface area (Å²) in [5.41, 5.74) is 0.766. The highest BCUT2D eigenvalue weighted by Gasteiger charge is 2.16. The molecule has 5 nitrogen and oxygen atoms in total. The molecular weight excluding hydrogens is 439 g/mol. The number of carbonyl (C=O) groups excluding carboxylic acids is 1. The van der Waals surface area contributed by atoms with Crippen molar-refractivity contribution in [3.05, 3.63) is 56.8 Å². The first kappa shape index (κ1) is 20.6. The van der Waals surface area contributed by atoms with Crippen molar-refractivity contribution in [1.82, 2.24) is 4.57 Å². The van der Waals surface area contributed by atoms with Crippen molar-refractivity contribution in [2.24, 2.45) is 4.99 Å². The minimum atomic E-state index is -3.43. The van der Waals surface area contributed by atoms with Crippen molar-refractivity contribution < 1.29 is 13.2 Å². The maximum absolute atomic E-state index is 12.7. The molecule has 0 unspecified atom stereocenters. The van der Waals surface area contributed by atoms with Gasteiger partial charge in [-0.05, 0) is 30.3 Å². The Hall–Kier alpha value is -2.11. The third kappa shape index (κ3) is 3.87. The van der Waals surface area contributed by atoms with Crippen LogP contribution in [0.2, 0.25) is 10.0 Å². The molecule has 9 heteroatoms. The van der Waals surface area contributed by atoms with E-state index in [1.54, 1.807) is 23.6 Å². The Morgan fingerprint density at radius 3 is 2.64 bits per heavy atom. The molecule has 0 saturated carbocycles. The summed E-state index contributed by atoms with van der Waals surface area (Å²) in [4.78, 5) is 17.3. The van der Waals surface area contributed by atoms with Crippen molar-refractivity contribution in [2.45, 2.75) is 18.4 Å². The first-order valence-electron chi connectivity index (χ1n) is 8.11. The Morgan fingerprint density at radius 1 is 1.25 bits per heavy atom. The van der Waals surface area contributed by atoms with Crippen molar-refractivity contribution in [3.8, 4) is 12.3 Å². The van der Waals surface area contributed by atoms with Gasteiger partial charge in [-0.3, -0.25) is 4.79 Å². The van der Waals surface area contributed by atoms with Crippen LogP contribution in [-0.2, 0) is 16.4 Å². The van der Waals surface area contributed by atoms with E-state index in [2.05, 4.69) is 10.9 Å². The molecule has 3 rings (SSSR count). The van der Waals surface area contributed by atoms with Crippen LogP contribution >= 0.6 is 34.5 Å². The van der Waals surface area contributed by atoms with Crippen LogP contribution in [0.4, 0.5) is 0 Å². The number of amides is 1. The number of aromatic nitrogens is 1. The maximum Gasteiger partial charge on any atom is 0.279 e. The molecule has 3 aromatic rings. The monoisotopic (exact) mass is 452 g/mol. The first-order chi connectivity index (χ1) is 13.3. The smallest absolute Gasteiger partial charge is 0.279 e. The van der Waals surface area contributed by atoms with Gasteiger partial charge in [0, 0.05) is 5.56 Å². The molecule has 0 atom stereocenters. The van der Waals surface area contributed by atoms with E-state index in [0.717, 1.165) is 0 Å². The molecule has 1 aromatic heterocycles. The standard InChI is InChI=1S/C19H14Cl2N2O3S2/c1-3-10-23-16-14(20)8-9-15(21)17(16)27-19(23)22-18(24)12-6-5-7-13(11-12)28(25,26)4-2/h1,5-9,11H,4,10H2,2H3. The van der Waals surface area contributed by atoms with Crippen molar-refractivity contribution in [3.63, 3.8) is 0 Å². The molecule has 28 heavy (non-hydrogen) atoms. The lowest BCUT2D eigenvalue weighted by Gasteiger charge is -2.03. The van der Waals surface area contributed by atoms with Crippen molar-refractivity contribution in [1.29, 1.82) is 0 Å². The van der Waals surface area contributed by atoms with Gasteiger partial charge >= 0.3 is 0 Å². The van der Waals surface area contributed by atoms with Crippen LogP contribution in [0.3, 0.4) is 0 Å². The van der Waals surface area contributed by atoms with E-state index in [1.165, 1.54) is 35.6 Å². The normalized spacial score (nSPS) is 12.3. The molecule has 0 aliphatic rings. The maximum atomic E-state index is 12.7. The van der Waals surface area contributed by atoms with Crippen LogP contribution in [0.5, 0.6) is 0 Å². The van der Waals surface area contributed by atoms with Gasteiger partial charge in [0.1, 0.15) is 0 Å². The van der Waals surface area contributed by atoms with Crippen molar-refractivity contribution in [2.75, 3.05) is 5.75 Å². The molecule has 144 valence electrons. The molecular formula is C19H14Cl2N2O3S2. The lowest BCUT2D eigenvalue weighted by molar-refractivity contribution is 0.0997. The largest absolute Gasteiger partial charge is 0.303 e. The summed E-state index contributed by atoms with van der Waals surface area (Å²) in [6.45, 7) is 1.69. The Bertz CT molecular complexity index is 1300. The molecule has 0 spiro atoms. The fourth-order valence-corrected chi connectivity index (χ4v) is 5.14. The molecule has 1 heterocycles. The second kappa shape index (κ2) is 8.10. The lowest BCUT2D eigenvalue weighted by atomic mass is 10.2. The molecule has 0 fully saturated rings. The van der Waals surface area contributed by atoms with Gasteiger partial charge in [0.15, 0.2) is 14.6 Å². The average Bonchev–Trinajstić information content (AvgIpc) is 3.04. The predicted molar refractivity (Wildman–Crippen MR) is 113 cm³/mol. The molecule has 0 N–H and O–H groups in total. The number of hydrogen-bond acceptors (Lipinski definition) is 4. The van der Waals surface area contributed by atoms with Gasteiger partial charge in [-0.1, -0.05) is 53.4 Å². The third-order valence-corrected chi connectivity index (χ3v) is 7.57. The van der Waals surface area contributed by atoms with Crippen LogP contribution in [0.25, 0.3) is 10.2 Å². The number of benzene rings is 2. The summed E-state index contributed by atoms with van der Waals surface area (Å²) < 4.78 is 26.4. The number of nitrogens with zero attached hydrogens (tertiary/aromatic N) is 2. The van der Waals surface area contributed by atoms with Crippen molar-refractivity contribution >= 4 is 60.5 Å². The van der Waals surface area contributed by atoms with E-state index in [1.807, 2.05) is 0 Å². The Balaban J connectivity index is 2.18. The molecule has 0 aliphatic heterocycles. The van der Waals surface area contributed by atoms with Crippen LogP contribution in [0, 0.1) is 12.3 Å².